The van der Waals surface area contributed by atoms with Gasteiger partial charge in [-0.3, -0.25) is 4.79 Å². The van der Waals surface area contributed by atoms with Gasteiger partial charge in [0.15, 0.2) is 0 Å². The Hall–Kier alpha value is -2.41. The van der Waals surface area contributed by atoms with Gasteiger partial charge in [-0.15, -0.1) is 0 Å². The van der Waals surface area contributed by atoms with Crippen LogP contribution in [0.15, 0.2) is 30.3 Å². The summed E-state index contributed by atoms with van der Waals surface area (Å²) in [6, 6.07) is 8.28. The van der Waals surface area contributed by atoms with Crippen molar-refractivity contribution in [3.8, 4) is 0 Å². The SMILES string of the molecule is CN(C)CC1C[C@@H](C(=O)OCc2ccccc2)N(C(=O)OC(C)(C)C)C1=O. The quantitative estimate of drug-likeness (QED) is 0.735. The summed E-state index contributed by atoms with van der Waals surface area (Å²) in [5.74, 6) is -1.46. The second-order valence-electron chi connectivity index (χ2n) is 7.99. The van der Waals surface area contributed by atoms with Crippen molar-refractivity contribution in [3.05, 3.63) is 35.9 Å². The molecular weight excluding hydrogens is 348 g/mol. The highest BCUT2D eigenvalue weighted by Crippen LogP contribution is 2.28. The summed E-state index contributed by atoms with van der Waals surface area (Å²) in [4.78, 5) is 40.7. The van der Waals surface area contributed by atoms with Crippen molar-refractivity contribution in [2.75, 3.05) is 20.6 Å². The lowest BCUT2D eigenvalue weighted by molar-refractivity contribution is -0.152. The van der Waals surface area contributed by atoms with Gasteiger partial charge in [0.05, 0.1) is 5.92 Å². The summed E-state index contributed by atoms with van der Waals surface area (Å²) in [5.41, 5.74) is 0.0685. The van der Waals surface area contributed by atoms with Crippen molar-refractivity contribution in [1.82, 2.24) is 9.80 Å². The molecule has 1 aliphatic heterocycles. The van der Waals surface area contributed by atoms with Gasteiger partial charge in [-0.2, -0.15) is 0 Å². The highest BCUT2D eigenvalue weighted by molar-refractivity contribution is 6.00. The minimum Gasteiger partial charge on any atom is -0.459 e. The first-order chi connectivity index (χ1) is 12.6. The number of benzene rings is 1. The van der Waals surface area contributed by atoms with Gasteiger partial charge in [-0.1, -0.05) is 30.3 Å². The van der Waals surface area contributed by atoms with E-state index in [9.17, 15) is 14.4 Å². The van der Waals surface area contributed by atoms with Crippen LogP contribution < -0.4 is 0 Å². The number of carbonyl (C=O) groups is 3. The zero-order valence-electron chi connectivity index (χ0n) is 16.6. The normalized spacial score (nSPS) is 20.1. The summed E-state index contributed by atoms with van der Waals surface area (Å²) in [6.45, 7) is 5.67. The lowest BCUT2D eigenvalue weighted by Crippen LogP contribution is -2.46. The second-order valence-corrected chi connectivity index (χ2v) is 7.99. The molecule has 0 aromatic heterocycles. The molecule has 0 spiro atoms. The fourth-order valence-electron chi connectivity index (χ4n) is 2.97. The molecule has 2 rings (SSSR count). The van der Waals surface area contributed by atoms with Crippen LogP contribution in [0.3, 0.4) is 0 Å². The molecule has 0 N–H and O–H groups in total. The number of amides is 2. The highest BCUT2D eigenvalue weighted by atomic mass is 16.6. The Morgan fingerprint density at radius 1 is 1.19 bits per heavy atom. The Labute approximate surface area is 160 Å². The maximum Gasteiger partial charge on any atom is 0.417 e. The lowest BCUT2D eigenvalue weighted by Gasteiger charge is -2.26. The third-order valence-corrected chi connectivity index (χ3v) is 4.08. The Balaban J connectivity index is 2.14. The molecule has 7 heteroatoms. The van der Waals surface area contributed by atoms with Gasteiger partial charge in [-0.25, -0.2) is 14.5 Å². The first-order valence-corrected chi connectivity index (χ1v) is 9.00. The van der Waals surface area contributed by atoms with Crippen LogP contribution in [0, 0.1) is 5.92 Å². The first kappa shape index (κ1) is 20.9. The van der Waals surface area contributed by atoms with Crippen LogP contribution in [-0.4, -0.2) is 60.1 Å². The van der Waals surface area contributed by atoms with Crippen LogP contribution in [-0.2, 0) is 25.7 Å². The average molecular weight is 376 g/mol. The van der Waals surface area contributed by atoms with E-state index in [4.69, 9.17) is 9.47 Å². The molecule has 1 heterocycles. The first-order valence-electron chi connectivity index (χ1n) is 9.00. The minimum atomic E-state index is -0.971. The molecular formula is C20H28N2O5. The van der Waals surface area contributed by atoms with E-state index in [1.165, 1.54) is 0 Å². The number of carbonyl (C=O) groups excluding carboxylic acids is 3. The molecule has 1 aromatic rings. The molecule has 1 unspecified atom stereocenters. The van der Waals surface area contributed by atoms with E-state index < -0.39 is 35.5 Å². The summed E-state index contributed by atoms with van der Waals surface area (Å²) < 4.78 is 10.7. The number of hydrogen-bond acceptors (Lipinski definition) is 6. The van der Waals surface area contributed by atoms with Gasteiger partial charge in [0.2, 0.25) is 5.91 Å². The number of hydrogen-bond donors (Lipinski definition) is 0. The molecule has 2 amide bonds. The second kappa shape index (κ2) is 8.52. The van der Waals surface area contributed by atoms with Crippen molar-refractivity contribution in [2.24, 2.45) is 5.92 Å². The molecule has 27 heavy (non-hydrogen) atoms. The maximum atomic E-state index is 12.7. The zero-order valence-corrected chi connectivity index (χ0v) is 16.6. The van der Waals surface area contributed by atoms with Gasteiger partial charge >= 0.3 is 12.1 Å². The molecule has 148 valence electrons. The van der Waals surface area contributed by atoms with E-state index in [0.717, 1.165) is 10.5 Å². The van der Waals surface area contributed by atoms with E-state index in [0.29, 0.717) is 6.54 Å². The van der Waals surface area contributed by atoms with E-state index >= 15 is 0 Å². The molecule has 1 aliphatic rings. The van der Waals surface area contributed by atoms with Gasteiger partial charge in [0, 0.05) is 6.54 Å². The van der Waals surface area contributed by atoms with Crippen LogP contribution in [0.5, 0.6) is 0 Å². The summed E-state index contributed by atoms with van der Waals surface area (Å²) in [7, 11) is 3.68. The number of esters is 1. The van der Waals surface area contributed by atoms with Crippen LogP contribution in [0.25, 0.3) is 0 Å². The summed E-state index contributed by atoms with van der Waals surface area (Å²) in [5, 5.41) is 0. The molecule has 0 radical (unpaired) electrons. The predicted octanol–water partition coefficient (Wildman–Crippen LogP) is 2.44. The third kappa shape index (κ3) is 5.79. The van der Waals surface area contributed by atoms with Crippen molar-refractivity contribution in [3.63, 3.8) is 0 Å². The van der Waals surface area contributed by atoms with Crippen LogP contribution in [0.1, 0.15) is 32.8 Å². The van der Waals surface area contributed by atoms with Crippen LogP contribution in [0.4, 0.5) is 4.79 Å². The number of imide groups is 1. The average Bonchev–Trinajstić information content (AvgIpc) is 2.88. The Morgan fingerprint density at radius 2 is 1.81 bits per heavy atom. The van der Waals surface area contributed by atoms with Crippen molar-refractivity contribution in [2.45, 2.75) is 45.4 Å². The number of likely N-dealkylation sites (tertiary alicyclic amines) is 1. The van der Waals surface area contributed by atoms with E-state index in [1.807, 2.05) is 49.3 Å². The molecule has 2 atom stereocenters. The van der Waals surface area contributed by atoms with Gasteiger partial charge in [0.25, 0.3) is 0 Å². The summed E-state index contributed by atoms with van der Waals surface area (Å²) in [6.07, 6.45) is -0.584. The minimum absolute atomic E-state index is 0.0882. The fourth-order valence-corrected chi connectivity index (χ4v) is 2.97. The zero-order chi connectivity index (χ0) is 20.2. The number of nitrogens with zero attached hydrogens (tertiary/aromatic N) is 2. The third-order valence-electron chi connectivity index (χ3n) is 4.08. The lowest BCUT2D eigenvalue weighted by atomic mass is 10.0. The summed E-state index contributed by atoms with van der Waals surface area (Å²) >= 11 is 0. The molecule has 1 fully saturated rings. The fraction of sp³-hybridized carbons (Fsp3) is 0.550. The monoisotopic (exact) mass is 376 g/mol. The molecule has 1 saturated heterocycles. The van der Waals surface area contributed by atoms with Gasteiger partial charge in [-0.05, 0) is 46.9 Å². The predicted molar refractivity (Wildman–Crippen MR) is 99.8 cm³/mol. The largest absolute Gasteiger partial charge is 0.459 e. The molecule has 0 saturated carbocycles. The van der Waals surface area contributed by atoms with Crippen LogP contribution in [0.2, 0.25) is 0 Å². The molecule has 0 bridgehead atoms. The standard InChI is InChI=1S/C20H28N2O5/c1-20(2,3)27-19(25)22-16(11-15(17(22)23)12-21(4)5)18(24)26-13-14-9-7-6-8-10-14/h6-10,15-16H,11-13H2,1-5H3/t15?,16-/m0/s1. The van der Waals surface area contributed by atoms with Crippen molar-refractivity contribution >= 4 is 18.0 Å². The Bertz CT molecular complexity index is 681. The molecule has 0 aliphatic carbocycles. The van der Waals surface area contributed by atoms with Crippen LogP contribution >= 0.6 is 0 Å². The molecule has 7 nitrogen and oxygen atoms in total. The Morgan fingerprint density at radius 3 is 2.37 bits per heavy atom. The topological polar surface area (TPSA) is 76.2 Å². The van der Waals surface area contributed by atoms with Crippen molar-refractivity contribution < 1.29 is 23.9 Å². The van der Waals surface area contributed by atoms with Crippen molar-refractivity contribution in [1.29, 1.82) is 0 Å². The number of rotatable bonds is 5. The van der Waals surface area contributed by atoms with E-state index in [-0.39, 0.29) is 13.0 Å². The van der Waals surface area contributed by atoms with Gasteiger partial charge in [0.1, 0.15) is 18.2 Å². The smallest absolute Gasteiger partial charge is 0.417 e. The highest BCUT2D eigenvalue weighted by Gasteiger charge is 2.48. The Kier molecular flexibility index (Phi) is 6.59. The maximum absolute atomic E-state index is 12.7. The molecule has 1 aromatic carbocycles. The van der Waals surface area contributed by atoms with E-state index in [1.54, 1.807) is 20.8 Å². The van der Waals surface area contributed by atoms with Gasteiger partial charge < -0.3 is 14.4 Å². The van der Waals surface area contributed by atoms with E-state index in [2.05, 4.69) is 0 Å². The number of ether oxygens (including phenoxy) is 2.